The van der Waals surface area contributed by atoms with E-state index in [0.717, 1.165) is 17.7 Å². The molecule has 0 aliphatic carbocycles. The molecule has 0 radical (unpaired) electrons. The zero-order valence-corrected chi connectivity index (χ0v) is 17.1. The summed E-state index contributed by atoms with van der Waals surface area (Å²) in [6, 6.07) is 15.4. The van der Waals surface area contributed by atoms with Gasteiger partial charge in [0.1, 0.15) is 5.75 Å². The highest BCUT2D eigenvalue weighted by Gasteiger charge is 2.23. The first-order valence-corrected chi connectivity index (χ1v) is 10.2. The van der Waals surface area contributed by atoms with Crippen LogP contribution in [0.4, 0.5) is 0 Å². The SMILES string of the molecule is CCOc1ccccc1/C=C/C(=O)N1CCN(C(=O)c2ccc(CC)cc2)CC1. The average Bonchev–Trinajstić information content (AvgIpc) is 2.78. The third-order valence-electron chi connectivity index (χ3n) is 5.11. The van der Waals surface area contributed by atoms with Gasteiger partial charge in [0.25, 0.3) is 5.91 Å². The Balaban J connectivity index is 1.56. The number of carbonyl (C=O) groups excluding carboxylic acids is 2. The Hall–Kier alpha value is -3.08. The second-order valence-electron chi connectivity index (χ2n) is 6.97. The van der Waals surface area contributed by atoms with Gasteiger partial charge in [-0.2, -0.15) is 0 Å². The Bertz CT molecular complexity index is 866. The molecular weight excluding hydrogens is 364 g/mol. The number of amides is 2. The highest BCUT2D eigenvalue weighted by atomic mass is 16.5. The molecule has 5 nitrogen and oxygen atoms in total. The lowest BCUT2D eigenvalue weighted by molar-refractivity contribution is -0.127. The summed E-state index contributed by atoms with van der Waals surface area (Å²) in [6.45, 7) is 6.77. The quantitative estimate of drug-likeness (QED) is 0.705. The summed E-state index contributed by atoms with van der Waals surface area (Å²) < 4.78 is 5.59. The van der Waals surface area contributed by atoms with E-state index in [-0.39, 0.29) is 11.8 Å². The topological polar surface area (TPSA) is 49.9 Å². The van der Waals surface area contributed by atoms with Gasteiger partial charge < -0.3 is 14.5 Å². The first-order valence-electron chi connectivity index (χ1n) is 10.2. The molecule has 1 heterocycles. The van der Waals surface area contributed by atoms with Crippen molar-refractivity contribution in [3.8, 4) is 5.75 Å². The van der Waals surface area contributed by atoms with Crippen LogP contribution < -0.4 is 4.74 Å². The lowest BCUT2D eigenvalue weighted by Crippen LogP contribution is -2.50. The Kier molecular flexibility index (Phi) is 7.06. The number of aryl methyl sites for hydroxylation is 1. The van der Waals surface area contributed by atoms with Crippen LogP contribution in [-0.2, 0) is 11.2 Å². The lowest BCUT2D eigenvalue weighted by Gasteiger charge is -2.34. The van der Waals surface area contributed by atoms with Crippen molar-refractivity contribution in [3.05, 3.63) is 71.3 Å². The van der Waals surface area contributed by atoms with Gasteiger partial charge in [0.2, 0.25) is 5.91 Å². The predicted molar refractivity (Wildman–Crippen MR) is 115 cm³/mol. The Morgan fingerprint density at radius 2 is 1.59 bits per heavy atom. The number of piperazine rings is 1. The van der Waals surface area contributed by atoms with Crippen molar-refractivity contribution in [3.63, 3.8) is 0 Å². The van der Waals surface area contributed by atoms with E-state index in [1.807, 2.05) is 60.4 Å². The summed E-state index contributed by atoms with van der Waals surface area (Å²) in [6.07, 6.45) is 4.33. The molecule has 2 aromatic carbocycles. The fourth-order valence-corrected chi connectivity index (χ4v) is 3.37. The van der Waals surface area contributed by atoms with Crippen LogP contribution in [0.2, 0.25) is 0 Å². The van der Waals surface area contributed by atoms with Crippen LogP contribution in [0.3, 0.4) is 0 Å². The molecule has 5 heteroatoms. The van der Waals surface area contributed by atoms with Crippen LogP contribution in [0.15, 0.2) is 54.6 Å². The van der Waals surface area contributed by atoms with E-state index in [0.29, 0.717) is 38.3 Å². The van der Waals surface area contributed by atoms with E-state index in [1.54, 1.807) is 17.1 Å². The molecule has 3 rings (SSSR count). The molecule has 0 N–H and O–H groups in total. The van der Waals surface area contributed by atoms with E-state index in [4.69, 9.17) is 4.74 Å². The molecular formula is C24H28N2O3. The smallest absolute Gasteiger partial charge is 0.253 e. The van der Waals surface area contributed by atoms with Gasteiger partial charge in [-0.1, -0.05) is 37.3 Å². The minimum atomic E-state index is -0.0456. The summed E-state index contributed by atoms with van der Waals surface area (Å²) >= 11 is 0. The highest BCUT2D eigenvalue weighted by Crippen LogP contribution is 2.19. The predicted octanol–water partition coefficient (Wildman–Crippen LogP) is 3.65. The number of benzene rings is 2. The van der Waals surface area contributed by atoms with Gasteiger partial charge in [-0.15, -0.1) is 0 Å². The van der Waals surface area contributed by atoms with Gasteiger partial charge in [0.05, 0.1) is 6.61 Å². The third kappa shape index (κ3) is 5.25. The minimum absolute atomic E-state index is 0.0286. The van der Waals surface area contributed by atoms with Crippen molar-refractivity contribution < 1.29 is 14.3 Å². The molecule has 0 atom stereocenters. The van der Waals surface area contributed by atoms with Crippen molar-refractivity contribution in [2.45, 2.75) is 20.3 Å². The normalized spacial score (nSPS) is 14.3. The third-order valence-corrected chi connectivity index (χ3v) is 5.11. The van der Waals surface area contributed by atoms with Gasteiger partial charge in [-0.05, 0) is 43.2 Å². The van der Waals surface area contributed by atoms with E-state index in [9.17, 15) is 9.59 Å². The van der Waals surface area contributed by atoms with E-state index in [2.05, 4.69) is 6.92 Å². The van der Waals surface area contributed by atoms with E-state index in [1.165, 1.54) is 5.56 Å². The van der Waals surface area contributed by atoms with Crippen molar-refractivity contribution >= 4 is 17.9 Å². The molecule has 2 aromatic rings. The zero-order valence-electron chi connectivity index (χ0n) is 17.1. The summed E-state index contributed by atoms with van der Waals surface area (Å²) in [5, 5.41) is 0. The van der Waals surface area contributed by atoms with Crippen molar-refractivity contribution in [1.29, 1.82) is 0 Å². The van der Waals surface area contributed by atoms with Gasteiger partial charge in [-0.25, -0.2) is 0 Å². The highest BCUT2D eigenvalue weighted by molar-refractivity contribution is 5.95. The lowest BCUT2D eigenvalue weighted by atomic mass is 10.1. The van der Waals surface area contributed by atoms with E-state index >= 15 is 0 Å². The fraction of sp³-hybridized carbons (Fsp3) is 0.333. The molecule has 1 fully saturated rings. The first kappa shape index (κ1) is 20.6. The summed E-state index contributed by atoms with van der Waals surface area (Å²) in [5.74, 6) is 0.750. The second-order valence-corrected chi connectivity index (χ2v) is 6.97. The molecule has 0 aromatic heterocycles. The second kappa shape index (κ2) is 9.92. The van der Waals surface area contributed by atoms with Crippen LogP contribution >= 0.6 is 0 Å². The first-order chi connectivity index (χ1) is 14.1. The van der Waals surface area contributed by atoms with Gasteiger partial charge >= 0.3 is 0 Å². The Morgan fingerprint density at radius 3 is 2.24 bits per heavy atom. The molecule has 1 aliphatic heterocycles. The number of ether oxygens (including phenoxy) is 1. The number of hydrogen-bond donors (Lipinski definition) is 0. The number of para-hydroxylation sites is 1. The van der Waals surface area contributed by atoms with Gasteiger partial charge in [-0.3, -0.25) is 9.59 Å². The summed E-state index contributed by atoms with van der Waals surface area (Å²) in [4.78, 5) is 28.8. The van der Waals surface area contributed by atoms with Crippen LogP contribution in [-0.4, -0.2) is 54.4 Å². The number of nitrogens with zero attached hydrogens (tertiary/aromatic N) is 2. The zero-order chi connectivity index (χ0) is 20.6. The van der Waals surface area contributed by atoms with Crippen molar-refractivity contribution in [2.75, 3.05) is 32.8 Å². The average molecular weight is 392 g/mol. The van der Waals surface area contributed by atoms with Gasteiger partial charge in [0, 0.05) is 43.4 Å². The molecule has 152 valence electrons. The van der Waals surface area contributed by atoms with E-state index < -0.39 is 0 Å². The number of carbonyl (C=O) groups is 2. The maximum Gasteiger partial charge on any atom is 0.253 e. The molecule has 1 aliphatic rings. The summed E-state index contributed by atoms with van der Waals surface area (Å²) in [5.41, 5.74) is 2.80. The van der Waals surface area contributed by atoms with Crippen LogP contribution in [0.25, 0.3) is 6.08 Å². The van der Waals surface area contributed by atoms with Crippen LogP contribution in [0.5, 0.6) is 5.75 Å². The maximum absolute atomic E-state index is 12.7. The fourth-order valence-electron chi connectivity index (χ4n) is 3.37. The Morgan fingerprint density at radius 1 is 0.931 bits per heavy atom. The van der Waals surface area contributed by atoms with Crippen LogP contribution in [0, 0.1) is 0 Å². The standard InChI is InChI=1S/C24H28N2O3/c1-3-19-9-11-21(12-10-19)24(28)26-17-15-25(16-18-26)23(27)14-13-20-7-5-6-8-22(20)29-4-2/h5-14H,3-4,15-18H2,1-2H3/b14-13+. The molecule has 0 spiro atoms. The van der Waals surface area contributed by atoms with Crippen molar-refractivity contribution in [2.24, 2.45) is 0 Å². The molecule has 0 bridgehead atoms. The number of rotatable bonds is 6. The molecule has 29 heavy (non-hydrogen) atoms. The number of hydrogen-bond acceptors (Lipinski definition) is 3. The molecule has 0 unspecified atom stereocenters. The van der Waals surface area contributed by atoms with Crippen molar-refractivity contribution in [1.82, 2.24) is 9.80 Å². The largest absolute Gasteiger partial charge is 0.493 e. The minimum Gasteiger partial charge on any atom is -0.493 e. The maximum atomic E-state index is 12.7. The van der Waals surface area contributed by atoms with Gasteiger partial charge in [0.15, 0.2) is 0 Å². The molecule has 2 amide bonds. The summed E-state index contributed by atoms with van der Waals surface area (Å²) in [7, 11) is 0. The van der Waals surface area contributed by atoms with Crippen LogP contribution in [0.1, 0.15) is 35.3 Å². The molecule has 0 saturated carbocycles. The molecule has 1 saturated heterocycles. The monoisotopic (exact) mass is 392 g/mol. The Labute approximate surface area is 172 Å².